The molecule has 1 aromatic heterocycles. The minimum atomic E-state index is -0.661. The number of aromatic nitrogens is 1. The summed E-state index contributed by atoms with van der Waals surface area (Å²) in [7, 11) is 0. The van der Waals surface area contributed by atoms with Crippen LogP contribution in [0.3, 0.4) is 0 Å². The minimum absolute atomic E-state index is 0.0123. The number of phenolic OH excluding ortho intramolecular Hbond substituents is 1. The predicted octanol–water partition coefficient (Wildman–Crippen LogP) is 3.16. The number of thiazole rings is 1. The number of carbonyl (C=O) groups is 1. The van der Waals surface area contributed by atoms with Gasteiger partial charge in [0.05, 0.1) is 28.5 Å². The molecule has 0 saturated heterocycles. The number of hydrogen-bond donors (Lipinski definition) is 1. The molecule has 0 spiro atoms. The average Bonchev–Trinajstić information content (AvgIpc) is 3.05. The van der Waals surface area contributed by atoms with Crippen molar-refractivity contribution in [2.24, 2.45) is 4.99 Å². The Hall–Kier alpha value is -3.16. The number of allylic oxidation sites excluding steroid dienone is 1. The summed E-state index contributed by atoms with van der Waals surface area (Å²) in [6.45, 7) is 3.69. The zero-order valence-corrected chi connectivity index (χ0v) is 18.4. The molecule has 31 heavy (non-hydrogen) atoms. The molecule has 0 unspecified atom stereocenters. The van der Waals surface area contributed by atoms with Crippen molar-refractivity contribution in [1.82, 2.24) is 4.57 Å². The third kappa shape index (κ3) is 3.94. The van der Waals surface area contributed by atoms with Gasteiger partial charge in [0.15, 0.2) is 4.80 Å². The van der Waals surface area contributed by atoms with E-state index >= 15 is 0 Å². The maximum absolute atomic E-state index is 13.4. The van der Waals surface area contributed by atoms with Crippen molar-refractivity contribution in [2.45, 2.75) is 19.9 Å². The largest absolute Gasteiger partial charge is 0.507 e. The molecule has 158 valence electrons. The van der Waals surface area contributed by atoms with Crippen LogP contribution in [0.15, 0.2) is 69.6 Å². The Balaban J connectivity index is 1.97. The number of esters is 1. The van der Waals surface area contributed by atoms with Gasteiger partial charge in [0.2, 0.25) is 0 Å². The summed E-state index contributed by atoms with van der Waals surface area (Å²) < 4.78 is 7.14. The lowest BCUT2D eigenvalue weighted by atomic mass is 9.96. The first-order valence-electron chi connectivity index (χ1n) is 9.64. The second-order valence-corrected chi connectivity index (χ2v) is 8.36. The summed E-state index contributed by atoms with van der Waals surface area (Å²) in [6, 6.07) is 13.3. The topological polar surface area (TPSA) is 80.9 Å². The van der Waals surface area contributed by atoms with Gasteiger partial charge in [-0.2, -0.15) is 0 Å². The number of rotatable bonds is 4. The van der Waals surface area contributed by atoms with Crippen LogP contribution in [0.5, 0.6) is 5.75 Å². The molecule has 4 rings (SSSR count). The Morgan fingerprint density at radius 2 is 2.03 bits per heavy atom. The van der Waals surface area contributed by atoms with E-state index < -0.39 is 12.0 Å². The molecule has 2 heterocycles. The normalized spacial score (nSPS) is 16.1. The van der Waals surface area contributed by atoms with Crippen LogP contribution >= 0.6 is 22.9 Å². The van der Waals surface area contributed by atoms with Crippen LogP contribution in [0, 0.1) is 0 Å². The quantitative estimate of drug-likeness (QED) is 0.614. The highest BCUT2D eigenvalue weighted by molar-refractivity contribution is 7.07. The summed E-state index contributed by atoms with van der Waals surface area (Å²) in [4.78, 5) is 31.2. The molecule has 0 amide bonds. The highest BCUT2D eigenvalue weighted by Crippen LogP contribution is 2.30. The fourth-order valence-electron chi connectivity index (χ4n) is 3.52. The molecule has 0 radical (unpaired) electrons. The predicted molar refractivity (Wildman–Crippen MR) is 120 cm³/mol. The van der Waals surface area contributed by atoms with Crippen molar-refractivity contribution in [3.8, 4) is 5.75 Å². The van der Waals surface area contributed by atoms with Gasteiger partial charge in [0, 0.05) is 10.6 Å². The van der Waals surface area contributed by atoms with E-state index in [0.717, 1.165) is 5.56 Å². The van der Waals surface area contributed by atoms with Gasteiger partial charge in [0.1, 0.15) is 5.75 Å². The van der Waals surface area contributed by atoms with Crippen LogP contribution in [0.1, 0.15) is 31.0 Å². The third-order valence-electron chi connectivity index (χ3n) is 4.91. The zero-order valence-electron chi connectivity index (χ0n) is 16.8. The number of aromatic hydroxyl groups is 1. The summed E-state index contributed by atoms with van der Waals surface area (Å²) in [5.41, 5.74) is 1.73. The number of halogens is 1. The van der Waals surface area contributed by atoms with Gasteiger partial charge in [-0.1, -0.05) is 53.3 Å². The van der Waals surface area contributed by atoms with Gasteiger partial charge < -0.3 is 9.84 Å². The van der Waals surface area contributed by atoms with E-state index in [2.05, 4.69) is 4.99 Å². The third-order valence-corrected chi connectivity index (χ3v) is 6.13. The monoisotopic (exact) mass is 454 g/mol. The lowest BCUT2D eigenvalue weighted by Gasteiger charge is -2.24. The highest BCUT2D eigenvalue weighted by atomic mass is 35.5. The number of ether oxygens (including phenoxy) is 1. The van der Waals surface area contributed by atoms with E-state index in [1.54, 1.807) is 32.1 Å². The van der Waals surface area contributed by atoms with Gasteiger partial charge in [-0.25, -0.2) is 9.79 Å². The summed E-state index contributed by atoms with van der Waals surface area (Å²) in [6.07, 6.45) is 1.58. The first-order chi connectivity index (χ1) is 14.9. The van der Waals surface area contributed by atoms with Gasteiger partial charge >= 0.3 is 5.97 Å². The van der Waals surface area contributed by atoms with Crippen molar-refractivity contribution in [3.05, 3.63) is 95.6 Å². The van der Waals surface area contributed by atoms with Crippen LogP contribution < -0.4 is 14.9 Å². The smallest absolute Gasteiger partial charge is 0.338 e. The minimum Gasteiger partial charge on any atom is -0.507 e. The maximum atomic E-state index is 13.4. The van der Waals surface area contributed by atoms with Crippen LogP contribution in [-0.4, -0.2) is 22.2 Å². The highest BCUT2D eigenvalue weighted by Gasteiger charge is 2.33. The fourth-order valence-corrected chi connectivity index (χ4v) is 4.74. The number of fused-ring (bicyclic) bond motifs is 1. The molecule has 1 N–H and O–H groups in total. The number of benzene rings is 2. The number of nitrogens with zero attached hydrogens (tertiary/aromatic N) is 2. The van der Waals surface area contributed by atoms with Gasteiger partial charge in [-0.15, -0.1) is 0 Å². The number of hydrogen-bond acceptors (Lipinski definition) is 6. The molecule has 1 aliphatic rings. The second kappa shape index (κ2) is 8.53. The van der Waals surface area contributed by atoms with Crippen LogP contribution in [0.2, 0.25) is 5.02 Å². The zero-order chi connectivity index (χ0) is 22.1. The van der Waals surface area contributed by atoms with E-state index in [-0.39, 0.29) is 17.9 Å². The Morgan fingerprint density at radius 1 is 1.29 bits per heavy atom. The number of phenols is 1. The number of carbonyl (C=O) groups excluding carboxylic acids is 1. The molecule has 0 aliphatic carbocycles. The van der Waals surface area contributed by atoms with Gasteiger partial charge in [0.25, 0.3) is 5.56 Å². The molecule has 1 aliphatic heterocycles. The van der Waals surface area contributed by atoms with E-state index in [9.17, 15) is 14.7 Å². The van der Waals surface area contributed by atoms with Crippen molar-refractivity contribution in [1.29, 1.82) is 0 Å². The van der Waals surface area contributed by atoms with Gasteiger partial charge in [-0.3, -0.25) is 9.36 Å². The lowest BCUT2D eigenvalue weighted by molar-refractivity contribution is -0.139. The first kappa shape index (κ1) is 21.1. The Labute approximate surface area is 187 Å². The van der Waals surface area contributed by atoms with Crippen molar-refractivity contribution < 1.29 is 14.6 Å². The Morgan fingerprint density at radius 3 is 2.74 bits per heavy atom. The standard InChI is InChI=1S/C23H19ClN2O4S/c1-3-30-22(29)19-13(2)25-23-26(20(19)14-7-5-4-6-8-14)21(28)18(31-23)12-15-11-16(24)9-10-17(15)27/h4-12,20,27H,3H2,1-2H3/t20-/m0/s1. The molecule has 0 bridgehead atoms. The molecule has 8 heteroatoms. The Kier molecular flexibility index (Phi) is 5.80. The van der Waals surface area contributed by atoms with Crippen molar-refractivity contribution in [2.75, 3.05) is 6.61 Å². The molecule has 2 aromatic carbocycles. The molecular weight excluding hydrogens is 436 g/mol. The summed E-state index contributed by atoms with van der Waals surface area (Å²) in [5.74, 6) is -0.488. The lowest BCUT2D eigenvalue weighted by Crippen LogP contribution is -2.39. The SMILES string of the molecule is CCOC(=O)C1=C(C)N=c2sc(=Cc3cc(Cl)ccc3O)c(=O)n2[C@H]1c1ccccc1. The van der Waals surface area contributed by atoms with Crippen LogP contribution in [0.25, 0.3) is 6.08 Å². The molecule has 0 fully saturated rings. The maximum Gasteiger partial charge on any atom is 0.338 e. The van der Waals surface area contributed by atoms with Crippen LogP contribution in [-0.2, 0) is 9.53 Å². The molecule has 3 aromatic rings. The van der Waals surface area contributed by atoms with E-state index in [4.69, 9.17) is 16.3 Å². The molecule has 6 nitrogen and oxygen atoms in total. The molecular formula is C23H19ClN2O4S. The van der Waals surface area contributed by atoms with E-state index in [1.165, 1.54) is 22.0 Å². The Bertz CT molecular complexity index is 1370. The van der Waals surface area contributed by atoms with E-state index in [1.807, 2.05) is 30.3 Å². The van der Waals surface area contributed by atoms with Gasteiger partial charge in [-0.05, 0) is 43.7 Å². The first-order valence-corrected chi connectivity index (χ1v) is 10.8. The van der Waals surface area contributed by atoms with E-state index in [0.29, 0.717) is 31.2 Å². The average molecular weight is 455 g/mol. The second-order valence-electron chi connectivity index (χ2n) is 6.92. The summed E-state index contributed by atoms with van der Waals surface area (Å²) >= 11 is 7.23. The van der Waals surface area contributed by atoms with Crippen molar-refractivity contribution in [3.63, 3.8) is 0 Å². The fraction of sp³-hybridized carbons (Fsp3) is 0.174. The van der Waals surface area contributed by atoms with Crippen molar-refractivity contribution >= 4 is 35.0 Å². The summed E-state index contributed by atoms with van der Waals surface area (Å²) in [5, 5.41) is 10.6. The molecule has 1 atom stereocenters. The molecule has 0 saturated carbocycles. The van der Waals surface area contributed by atoms with Crippen LogP contribution in [0.4, 0.5) is 0 Å².